The predicted molar refractivity (Wildman–Crippen MR) is 262 cm³/mol. The van der Waals surface area contributed by atoms with E-state index in [-0.39, 0.29) is 48.2 Å². The molecule has 1 aromatic heterocycles. The maximum atomic E-state index is 12.9. The Morgan fingerprint density at radius 2 is 1.25 bits per heavy atom. The molecule has 1 aliphatic rings. The first-order chi connectivity index (χ1) is 31.9. The Morgan fingerprint density at radius 1 is 0.791 bits per heavy atom. The normalized spacial score (nSPS) is 18.1. The number of nitrogens with one attached hydrogen (secondary N) is 1. The number of ether oxygens (including phenoxy) is 2. The molecule has 6 unspecified atom stereocenters. The van der Waals surface area contributed by atoms with Gasteiger partial charge in [-0.05, 0) is 24.1 Å². The van der Waals surface area contributed by atoms with Crippen molar-refractivity contribution in [2.45, 2.75) is 237 Å². The first-order valence-electron chi connectivity index (χ1n) is 25.3. The van der Waals surface area contributed by atoms with Gasteiger partial charge in [-0.3, -0.25) is 28.2 Å². The van der Waals surface area contributed by atoms with Crippen LogP contribution < -0.4 is 40.8 Å². The number of hydrogen-bond donors (Lipinski definition) is 3. The molecule has 1 fully saturated rings. The van der Waals surface area contributed by atoms with Gasteiger partial charge < -0.3 is 19.3 Å². The van der Waals surface area contributed by atoms with Crippen molar-refractivity contribution in [3.05, 3.63) is 43.5 Å². The van der Waals surface area contributed by atoms with Crippen LogP contribution in [0.4, 0.5) is 0 Å². The summed E-state index contributed by atoms with van der Waals surface area (Å²) in [5, 5.41) is 3.61. The number of aromatic nitrogens is 2. The topological polar surface area (TPSA) is 241 Å². The Morgan fingerprint density at radius 3 is 1.73 bits per heavy atom. The van der Waals surface area contributed by atoms with Crippen molar-refractivity contribution in [2.24, 2.45) is 5.11 Å². The van der Waals surface area contributed by atoms with Gasteiger partial charge in [0.05, 0.1) is 25.4 Å². The van der Waals surface area contributed by atoms with Gasteiger partial charge in [0.15, 0.2) is 0 Å². The van der Waals surface area contributed by atoms with E-state index in [0.29, 0.717) is 6.42 Å². The zero-order chi connectivity index (χ0) is 48.1. The van der Waals surface area contributed by atoms with Crippen molar-refractivity contribution in [3.63, 3.8) is 0 Å². The molecule has 0 aliphatic carbocycles. The predicted octanol–water partition coefficient (Wildman–Crippen LogP) is 10.1. The molecule has 0 bridgehead atoms. The zero-order valence-electron chi connectivity index (χ0n) is 41.3. The summed E-state index contributed by atoms with van der Waals surface area (Å²) in [4.78, 5) is 62.3. The number of carbonyl (C=O) groups is 1. The van der Waals surface area contributed by atoms with Crippen molar-refractivity contribution >= 4 is 33.4 Å². The number of carbonyl (C=O) groups excluding carboxylic acids is 1. The fourth-order valence-electron chi connectivity index (χ4n) is 8.02. The molecule has 2 rings (SSSR count). The third-order valence-electron chi connectivity index (χ3n) is 11.8. The summed E-state index contributed by atoms with van der Waals surface area (Å²) >= 11 is 1.54. The second-order valence-electron chi connectivity index (χ2n) is 17.7. The van der Waals surface area contributed by atoms with Crippen molar-refractivity contribution in [2.75, 3.05) is 24.7 Å². The number of thioether (sulfide) groups is 1. The van der Waals surface area contributed by atoms with E-state index in [2.05, 4.69) is 33.2 Å². The maximum Gasteiger partial charge on any atom is 1.00 e. The molecule has 1 saturated heterocycles. The summed E-state index contributed by atoms with van der Waals surface area (Å²) in [6, 6.07) is 0.126. The van der Waals surface area contributed by atoms with Gasteiger partial charge >= 0.3 is 56.9 Å². The number of rotatable bonds is 44. The summed E-state index contributed by atoms with van der Waals surface area (Å²) in [5.41, 5.74) is 7.62. The van der Waals surface area contributed by atoms with Gasteiger partial charge in [0, 0.05) is 35.8 Å². The second kappa shape index (κ2) is 40.6. The SMILES string of the molecule is CCCCCCCCCCCCCCCCCCSCC(COP(=O)(O)OP(=O)(O)OCC1OC(n2ccc(=O)[nH]c2=O)CC1N=[N+]=[N-])OC(=O)CCCCCCCCCCCCCCC.[Na+]. The van der Waals surface area contributed by atoms with E-state index in [1.807, 2.05) is 0 Å². The monoisotopic (exact) mass is 1020 g/mol. The molecule has 0 aromatic carbocycles. The van der Waals surface area contributed by atoms with Crippen LogP contribution in [0.2, 0.25) is 0 Å². The molecule has 3 N–H and O–H groups in total. The molecule has 0 amide bonds. The van der Waals surface area contributed by atoms with Crippen LogP contribution in [0.15, 0.2) is 27.0 Å². The first kappa shape index (κ1) is 64.0. The summed E-state index contributed by atoms with van der Waals surface area (Å²) in [6.45, 7) is 3.19. The van der Waals surface area contributed by atoms with Crippen LogP contribution in [0.5, 0.6) is 0 Å². The molecule has 0 saturated carbocycles. The van der Waals surface area contributed by atoms with Gasteiger partial charge in [-0.2, -0.15) is 16.1 Å². The van der Waals surface area contributed by atoms with E-state index >= 15 is 0 Å². The van der Waals surface area contributed by atoms with E-state index in [9.17, 15) is 33.3 Å². The number of phosphoric ester groups is 2. The molecule has 2 heterocycles. The molecule has 6 atom stereocenters. The maximum absolute atomic E-state index is 12.9. The molecule has 17 nitrogen and oxygen atoms in total. The van der Waals surface area contributed by atoms with Crippen LogP contribution in [-0.2, 0) is 36.8 Å². The number of aromatic amines is 1. The Hall–Kier alpha value is -0.970. The molecule has 0 radical (unpaired) electrons. The van der Waals surface area contributed by atoms with E-state index in [0.717, 1.165) is 54.9 Å². The van der Waals surface area contributed by atoms with Crippen LogP contribution >= 0.6 is 27.4 Å². The summed E-state index contributed by atoms with van der Waals surface area (Å²) in [6.07, 6.45) is 34.0. The number of hydrogen-bond acceptors (Lipinski definition) is 12. The molecular weight excluding hydrogens is 932 g/mol. The summed E-state index contributed by atoms with van der Waals surface area (Å²) in [5.74, 6) is 0.638. The number of unbranched alkanes of at least 4 members (excludes halogenated alkanes) is 27. The van der Waals surface area contributed by atoms with Crippen molar-refractivity contribution in [3.8, 4) is 0 Å². The molecule has 0 spiro atoms. The summed E-state index contributed by atoms with van der Waals surface area (Å²) < 4.78 is 52.8. The van der Waals surface area contributed by atoms with Gasteiger partial charge in [-0.15, -0.1) is 0 Å². The molecule has 382 valence electrons. The number of nitrogens with zero attached hydrogens (tertiary/aromatic N) is 4. The molecule has 1 aromatic rings. The van der Waals surface area contributed by atoms with Crippen LogP contribution in [0, 0.1) is 0 Å². The van der Waals surface area contributed by atoms with E-state index in [1.165, 1.54) is 147 Å². The minimum atomic E-state index is -5.28. The third kappa shape index (κ3) is 33.3. The van der Waals surface area contributed by atoms with Gasteiger partial charge in [0.2, 0.25) is 0 Å². The quantitative estimate of drug-likeness (QED) is 0.0105. The number of phosphoric acid groups is 2. The standard InChI is InChI=1S/C46H85N5O12P2S.Na/c1-3-5-7-9-11-13-15-17-18-19-21-23-25-27-29-31-35-66-39-40(61-45(53)32-30-28-26-24-22-20-16-14-12-10-8-6-4-2)37-59-64(55,56)63-65(57,58)60-38-42-41(49-50-47)36-44(62-42)51-34-33-43(52)48-46(51)54;/h33-34,40-42,44H,3-32,35-39H2,1-2H3,(H,55,56)(H,57,58)(H,48,52,54);/q;+1. The van der Waals surface area contributed by atoms with Crippen LogP contribution in [0.3, 0.4) is 0 Å². The second-order valence-corrected chi connectivity index (χ2v) is 21.9. The van der Waals surface area contributed by atoms with Crippen LogP contribution in [0.1, 0.15) is 219 Å². The average Bonchev–Trinajstić information content (AvgIpc) is 3.67. The van der Waals surface area contributed by atoms with Crippen molar-refractivity contribution < 1.29 is 76.1 Å². The fraction of sp³-hybridized carbons (Fsp3) is 0.891. The van der Waals surface area contributed by atoms with Crippen molar-refractivity contribution in [1.29, 1.82) is 0 Å². The Balaban J connectivity index is 0.0000224. The summed E-state index contributed by atoms with van der Waals surface area (Å²) in [7, 11) is -10.5. The third-order valence-corrected chi connectivity index (χ3v) is 15.6. The first-order valence-corrected chi connectivity index (χ1v) is 29.5. The zero-order valence-corrected chi connectivity index (χ0v) is 45.9. The van der Waals surface area contributed by atoms with E-state index in [1.54, 1.807) is 11.8 Å². The van der Waals surface area contributed by atoms with Gasteiger partial charge in [-0.25, -0.2) is 13.9 Å². The Kier molecular flexibility index (Phi) is 38.8. The minimum absolute atomic E-state index is 0. The van der Waals surface area contributed by atoms with E-state index in [4.69, 9.17) is 24.1 Å². The van der Waals surface area contributed by atoms with Crippen molar-refractivity contribution in [1.82, 2.24) is 9.55 Å². The minimum Gasteiger partial charge on any atom is -0.459 e. The molecule has 1 aliphatic heterocycles. The number of esters is 1. The van der Waals surface area contributed by atoms with E-state index < -0.39 is 70.6 Å². The van der Waals surface area contributed by atoms with Gasteiger partial charge in [0.25, 0.3) is 5.56 Å². The largest absolute Gasteiger partial charge is 1.00 e. The van der Waals surface area contributed by atoms with Gasteiger partial charge in [-0.1, -0.05) is 192 Å². The Labute approximate surface area is 427 Å². The fourth-order valence-corrected chi connectivity index (χ4v) is 11.1. The Bertz CT molecular complexity index is 1690. The van der Waals surface area contributed by atoms with Crippen LogP contribution in [0.25, 0.3) is 10.4 Å². The number of azide groups is 1. The smallest absolute Gasteiger partial charge is 0.459 e. The molecule has 67 heavy (non-hydrogen) atoms. The van der Waals surface area contributed by atoms with Crippen LogP contribution in [-0.4, -0.2) is 68.3 Å². The van der Waals surface area contributed by atoms with Gasteiger partial charge in [0.1, 0.15) is 12.3 Å². The molecule has 21 heteroatoms. The average molecular weight is 1020 g/mol. The number of H-pyrrole nitrogens is 1. The molecular formula is C46H85N5NaO12P2S+.